The lowest BCUT2D eigenvalue weighted by Crippen LogP contribution is -2.28. The lowest BCUT2D eigenvalue weighted by molar-refractivity contribution is 0.494. The van der Waals surface area contributed by atoms with Crippen LogP contribution in [0.15, 0.2) is 23.9 Å². The van der Waals surface area contributed by atoms with E-state index in [1.807, 2.05) is 0 Å². The molecule has 0 aromatic carbocycles. The number of nitrogens with zero attached hydrogens (tertiary/aromatic N) is 2. The Labute approximate surface area is 88.8 Å². The van der Waals surface area contributed by atoms with Crippen LogP contribution in [0.2, 0.25) is 0 Å². The van der Waals surface area contributed by atoms with E-state index in [1.165, 1.54) is 23.6 Å². The highest BCUT2D eigenvalue weighted by atomic mass is 32.2. The average molecular weight is 230 g/mol. The van der Waals surface area contributed by atoms with Gasteiger partial charge in [0.25, 0.3) is 10.0 Å². The highest BCUT2D eigenvalue weighted by Gasteiger charge is 2.24. The monoisotopic (exact) mass is 230 g/mol. The number of likely N-dealkylation sites (N-methyl/N-ethyl adjacent to an activating group) is 1. The summed E-state index contributed by atoms with van der Waals surface area (Å²) in [5.74, 6) is 0. The average Bonchev–Trinajstić information content (AvgIpc) is 2.66. The maximum absolute atomic E-state index is 11.9. The van der Waals surface area contributed by atoms with Gasteiger partial charge < -0.3 is 5.73 Å². The van der Waals surface area contributed by atoms with Crippen molar-refractivity contribution in [3.8, 4) is 0 Å². The van der Waals surface area contributed by atoms with Crippen molar-refractivity contribution in [2.24, 2.45) is 5.73 Å². The molecule has 0 aliphatic heterocycles. The van der Waals surface area contributed by atoms with E-state index < -0.39 is 10.0 Å². The number of sulfonamides is 1. The molecule has 0 spiro atoms. The number of aromatic nitrogens is 2. The Morgan fingerprint density at radius 2 is 2.40 bits per heavy atom. The molecule has 1 heterocycles. The first-order valence-electron chi connectivity index (χ1n) is 4.33. The van der Waals surface area contributed by atoms with Gasteiger partial charge in [0.1, 0.15) is 0 Å². The van der Waals surface area contributed by atoms with E-state index in [0.717, 1.165) is 0 Å². The van der Waals surface area contributed by atoms with Gasteiger partial charge in [-0.3, -0.25) is 5.10 Å². The fraction of sp³-hybridized carbons (Fsp3) is 0.375. The predicted molar refractivity (Wildman–Crippen MR) is 56.5 cm³/mol. The molecule has 0 fully saturated rings. The molecule has 1 rings (SSSR count). The largest absolute Gasteiger partial charge is 0.326 e. The van der Waals surface area contributed by atoms with Crippen LogP contribution in [-0.4, -0.2) is 36.5 Å². The van der Waals surface area contributed by atoms with E-state index in [2.05, 4.69) is 16.8 Å². The Hall–Kier alpha value is -1.18. The molecular weight excluding hydrogens is 216 g/mol. The number of nitrogens with one attached hydrogen (secondary N) is 1. The van der Waals surface area contributed by atoms with Crippen LogP contribution in [0.5, 0.6) is 0 Å². The van der Waals surface area contributed by atoms with Crippen molar-refractivity contribution >= 4 is 10.0 Å². The maximum atomic E-state index is 11.9. The lowest BCUT2D eigenvalue weighted by Gasteiger charge is -2.14. The third kappa shape index (κ3) is 2.25. The normalized spacial score (nSPS) is 11.9. The van der Waals surface area contributed by atoms with Crippen LogP contribution in [0.1, 0.15) is 5.56 Å². The first-order valence-corrected chi connectivity index (χ1v) is 5.77. The minimum absolute atomic E-state index is 0.0503. The van der Waals surface area contributed by atoms with Gasteiger partial charge in [0, 0.05) is 25.7 Å². The van der Waals surface area contributed by atoms with Crippen molar-refractivity contribution in [3.05, 3.63) is 24.4 Å². The molecule has 0 saturated heterocycles. The summed E-state index contributed by atoms with van der Waals surface area (Å²) in [5, 5.41) is 6.16. The lowest BCUT2D eigenvalue weighted by atomic mass is 10.4. The molecular formula is C8H14N4O2S. The molecule has 0 unspecified atom stereocenters. The van der Waals surface area contributed by atoms with Gasteiger partial charge in [-0.2, -0.15) is 9.40 Å². The van der Waals surface area contributed by atoms with E-state index in [4.69, 9.17) is 5.73 Å². The summed E-state index contributed by atoms with van der Waals surface area (Å²) < 4.78 is 25.0. The number of rotatable bonds is 5. The first kappa shape index (κ1) is 11.9. The quantitative estimate of drug-likeness (QED) is 0.678. The fourth-order valence-electron chi connectivity index (χ4n) is 1.10. The van der Waals surface area contributed by atoms with Crippen LogP contribution < -0.4 is 5.73 Å². The van der Waals surface area contributed by atoms with Crippen molar-refractivity contribution in [3.63, 3.8) is 0 Å². The summed E-state index contributed by atoms with van der Waals surface area (Å²) in [6, 6.07) is 0. The molecule has 0 atom stereocenters. The van der Waals surface area contributed by atoms with E-state index in [0.29, 0.717) is 5.56 Å². The van der Waals surface area contributed by atoms with Gasteiger partial charge in [0.2, 0.25) is 0 Å². The zero-order chi connectivity index (χ0) is 11.5. The molecule has 1 aromatic heterocycles. The zero-order valence-electron chi connectivity index (χ0n) is 8.47. The highest BCUT2D eigenvalue weighted by molar-refractivity contribution is 7.89. The number of nitrogens with two attached hydrogens (primary N) is 1. The number of hydrogen-bond acceptors (Lipinski definition) is 4. The molecule has 0 amide bonds. The second kappa shape index (κ2) is 4.56. The van der Waals surface area contributed by atoms with Crippen LogP contribution in [0.4, 0.5) is 0 Å². The maximum Gasteiger partial charge on any atom is 0.260 e. The van der Waals surface area contributed by atoms with Crippen LogP contribution in [-0.2, 0) is 16.6 Å². The Morgan fingerprint density at radius 3 is 2.93 bits per heavy atom. The van der Waals surface area contributed by atoms with E-state index in [1.54, 1.807) is 0 Å². The Morgan fingerprint density at radius 1 is 1.73 bits per heavy atom. The summed E-state index contributed by atoms with van der Waals surface area (Å²) in [6.07, 6.45) is 2.92. The second-order valence-corrected chi connectivity index (χ2v) is 4.98. The third-order valence-corrected chi connectivity index (χ3v) is 3.79. The molecule has 6 nitrogen and oxygen atoms in total. The molecule has 0 saturated carbocycles. The van der Waals surface area contributed by atoms with Crippen molar-refractivity contribution in [2.75, 3.05) is 13.6 Å². The van der Waals surface area contributed by atoms with E-state index >= 15 is 0 Å². The zero-order valence-corrected chi connectivity index (χ0v) is 9.29. The number of H-pyrrole nitrogens is 1. The molecule has 0 radical (unpaired) electrons. The minimum atomic E-state index is -3.54. The number of aromatic amines is 1. The third-order valence-electron chi connectivity index (χ3n) is 1.95. The van der Waals surface area contributed by atoms with Gasteiger partial charge >= 0.3 is 0 Å². The summed E-state index contributed by atoms with van der Waals surface area (Å²) in [5.41, 5.74) is 5.88. The molecule has 0 aliphatic carbocycles. The standard InChI is InChI=1S/C8H14N4O2S/c1-3-4-12(2)15(13,14)8-7(5-9)6-10-11-8/h3,6H,1,4-5,9H2,2H3,(H,10,11). The van der Waals surface area contributed by atoms with Gasteiger partial charge in [0.05, 0.1) is 6.20 Å². The van der Waals surface area contributed by atoms with Crippen molar-refractivity contribution in [1.29, 1.82) is 0 Å². The van der Waals surface area contributed by atoms with Gasteiger partial charge in [0.15, 0.2) is 5.03 Å². The molecule has 84 valence electrons. The molecule has 1 aromatic rings. The van der Waals surface area contributed by atoms with Crippen LogP contribution in [0.3, 0.4) is 0 Å². The minimum Gasteiger partial charge on any atom is -0.326 e. The Balaban J connectivity index is 3.11. The molecule has 3 N–H and O–H groups in total. The molecule has 0 bridgehead atoms. The predicted octanol–water partition coefficient (Wildman–Crippen LogP) is -0.325. The summed E-state index contributed by atoms with van der Waals surface area (Å²) >= 11 is 0. The Bertz CT molecular complexity index is 437. The molecule has 0 aliphatic rings. The topological polar surface area (TPSA) is 92.1 Å². The first-order chi connectivity index (χ1) is 7.04. The van der Waals surface area contributed by atoms with Crippen LogP contribution >= 0.6 is 0 Å². The van der Waals surface area contributed by atoms with Gasteiger partial charge in [-0.25, -0.2) is 8.42 Å². The summed E-state index contributed by atoms with van der Waals surface area (Å²) in [7, 11) is -2.07. The van der Waals surface area contributed by atoms with Gasteiger partial charge in [-0.15, -0.1) is 6.58 Å². The molecule has 15 heavy (non-hydrogen) atoms. The van der Waals surface area contributed by atoms with Crippen molar-refractivity contribution < 1.29 is 8.42 Å². The fourth-order valence-corrected chi connectivity index (χ4v) is 2.35. The van der Waals surface area contributed by atoms with E-state index in [9.17, 15) is 8.42 Å². The molecule has 7 heteroatoms. The summed E-state index contributed by atoms with van der Waals surface area (Å²) in [4.78, 5) is 0. The van der Waals surface area contributed by atoms with Crippen molar-refractivity contribution in [2.45, 2.75) is 11.6 Å². The highest BCUT2D eigenvalue weighted by Crippen LogP contribution is 2.15. The van der Waals surface area contributed by atoms with E-state index in [-0.39, 0.29) is 18.1 Å². The second-order valence-electron chi connectivity index (χ2n) is 3.00. The van der Waals surface area contributed by atoms with Crippen LogP contribution in [0, 0.1) is 0 Å². The Kier molecular flexibility index (Phi) is 3.61. The summed E-state index contributed by atoms with van der Waals surface area (Å²) in [6.45, 7) is 3.85. The van der Waals surface area contributed by atoms with Crippen LogP contribution in [0.25, 0.3) is 0 Å². The van der Waals surface area contributed by atoms with Gasteiger partial charge in [-0.1, -0.05) is 6.08 Å². The number of hydrogen-bond donors (Lipinski definition) is 2. The van der Waals surface area contributed by atoms with Crippen molar-refractivity contribution in [1.82, 2.24) is 14.5 Å². The SMILES string of the molecule is C=CCN(C)S(=O)(=O)c1[nH]ncc1CN. The van der Waals surface area contributed by atoms with Gasteiger partial charge in [-0.05, 0) is 0 Å². The smallest absolute Gasteiger partial charge is 0.260 e.